The highest BCUT2D eigenvalue weighted by Gasteiger charge is 2.28. The summed E-state index contributed by atoms with van der Waals surface area (Å²) in [5.41, 5.74) is 25.9. The lowest BCUT2D eigenvalue weighted by atomic mass is 10.0. The van der Waals surface area contributed by atoms with E-state index in [0.29, 0.717) is 44.0 Å². The Morgan fingerprint density at radius 3 is 1.74 bits per heavy atom. The highest BCUT2D eigenvalue weighted by molar-refractivity contribution is 9.10. The number of aromatic nitrogens is 3. The third-order valence-electron chi connectivity index (χ3n) is 6.33. The quantitative estimate of drug-likeness (QED) is 0.334. The van der Waals surface area contributed by atoms with E-state index in [2.05, 4.69) is 33.4 Å². The van der Waals surface area contributed by atoms with Gasteiger partial charge in [0.1, 0.15) is 0 Å². The summed E-state index contributed by atoms with van der Waals surface area (Å²) in [6, 6.07) is 12.0. The Hall–Kier alpha value is -2.57. The molecule has 0 aliphatic carbocycles. The van der Waals surface area contributed by atoms with Crippen LogP contribution in [0.3, 0.4) is 0 Å². The summed E-state index contributed by atoms with van der Waals surface area (Å²) in [5.74, 6) is 1.55. The lowest BCUT2D eigenvalue weighted by Crippen LogP contribution is -2.54. The van der Waals surface area contributed by atoms with Crippen molar-refractivity contribution in [2.45, 2.75) is 37.0 Å². The van der Waals surface area contributed by atoms with Gasteiger partial charge in [0.2, 0.25) is 17.8 Å². The number of piperidine rings is 2. The largest absolute Gasteiger partial charge is 0.338 e. The van der Waals surface area contributed by atoms with Gasteiger partial charge in [-0.3, -0.25) is 0 Å². The van der Waals surface area contributed by atoms with Crippen LogP contribution in [0.25, 0.3) is 10.8 Å². The summed E-state index contributed by atoms with van der Waals surface area (Å²) in [5, 5.41) is 5.58. The van der Waals surface area contributed by atoms with Crippen molar-refractivity contribution in [3.05, 3.63) is 40.9 Å². The number of hydrogen-bond acceptors (Lipinski definition) is 10. The van der Waals surface area contributed by atoms with Gasteiger partial charge in [-0.2, -0.15) is 15.0 Å². The molecule has 11 heteroatoms. The van der Waals surface area contributed by atoms with Crippen LogP contribution in [0.2, 0.25) is 0 Å². The van der Waals surface area contributed by atoms with E-state index >= 15 is 0 Å². The molecular formula is C23H31BrN10. The second-order valence-corrected chi connectivity index (χ2v) is 10.2. The highest BCUT2D eigenvalue weighted by atomic mass is 79.9. The number of nitrogens with two attached hydrogens (primary N) is 4. The van der Waals surface area contributed by atoms with E-state index in [1.54, 1.807) is 0 Å². The van der Waals surface area contributed by atoms with Crippen molar-refractivity contribution in [2.24, 2.45) is 22.9 Å². The van der Waals surface area contributed by atoms with Gasteiger partial charge in [0.15, 0.2) is 0 Å². The molecule has 0 bridgehead atoms. The molecule has 4 atom stereocenters. The van der Waals surface area contributed by atoms with Gasteiger partial charge in [0.25, 0.3) is 0 Å². The molecular weight excluding hydrogens is 496 g/mol. The van der Waals surface area contributed by atoms with Crippen molar-refractivity contribution in [3.8, 4) is 0 Å². The van der Waals surface area contributed by atoms with Crippen LogP contribution in [0, 0.1) is 0 Å². The van der Waals surface area contributed by atoms with Crippen LogP contribution in [-0.4, -0.2) is 65.3 Å². The fraction of sp³-hybridized carbons (Fsp3) is 0.435. The number of hydrogen-bond donors (Lipinski definition) is 5. The van der Waals surface area contributed by atoms with Gasteiger partial charge in [-0.15, -0.1) is 0 Å². The van der Waals surface area contributed by atoms with Gasteiger partial charge in [-0.05, 0) is 30.4 Å². The molecule has 9 N–H and O–H groups in total. The summed E-state index contributed by atoms with van der Waals surface area (Å²) in [4.78, 5) is 18.4. The number of nitrogens with one attached hydrogen (secondary N) is 1. The molecule has 2 saturated heterocycles. The van der Waals surface area contributed by atoms with Crippen molar-refractivity contribution >= 4 is 50.2 Å². The number of nitrogens with zero attached hydrogens (tertiary/aromatic N) is 5. The maximum absolute atomic E-state index is 6.25. The third kappa shape index (κ3) is 4.93. The zero-order valence-corrected chi connectivity index (χ0v) is 20.5. The molecule has 2 aliphatic heterocycles. The van der Waals surface area contributed by atoms with Crippen molar-refractivity contribution in [3.63, 3.8) is 0 Å². The Labute approximate surface area is 207 Å². The number of fused-ring (bicyclic) bond motifs is 1. The van der Waals surface area contributed by atoms with Crippen molar-refractivity contribution < 1.29 is 0 Å². The Kier molecular flexibility index (Phi) is 6.54. The van der Waals surface area contributed by atoms with Gasteiger partial charge in [0.05, 0.1) is 0 Å². The summed E-state index contributed by atoms with van der Waals surface area (Å²) in [7, 11) is 0. The molecule has 0 saturated carbocycles. The van der Waals surface area contributed by atoms with Gasteiger partial charge < -0.3 is 38.1 Å². The number of halogens is 1. The van der Waals surface area contributed by atoms with Crippen LogP contribution in [0.1, 0.15) is 12.8 Å². The Morgan fingerprint density at radius 2 is 1.21 bits per heavy atom. The van der Waals surface area contributed by atoms with Crippen molar-refractivity contribution in [1.29, 1.82) is 0 Å². The lowest BCUT2D eigenvalue weighted by molar-refractivity contribution is 0.441. The van der Waals surface area contributed by atoms with Crippen molar-refractivity contribution in [1.82, 2.24) is 15.0 Å². The van der Waals surface area contributed by atoms with Crippen LogP contribution in [0.4, 0.5) is 23.5 Å². The van der Waals surface area contributed by atoms with E-state index in [0.717, 1.165) is 33.8 Å². The molecule has 5 rings (SSSR count). The molecule has 0 radical (unpaired) electrons. The van der Waals surface area contributed by atoms with Gasteiger partial charge in [-0.1, -0.05) is 40.2 Å². The second-order valence-electron chi connectivity index (χ2n) is 9.35. The van der Waals surface area contributed by atoms with E-state index in [4.69, 9.17) is 37.9 Å². The first-order valence-corrected chi connectivity index (χ1v) is 12.4. The molecule has 2 aliphatic rings. The molecule has 0 unspecified atom stereocenters. The van der Waals surface area contributed by atoms with Crippen LogP contribution < -0.4 is 38.1 Å². The van der Waals surface area contributed by atoms with Gasteiger partial charge >= 0.3 is 0 Å². The minimum Gasteiger partial charge on any atom is -0.338 e. The predicted octanol–water partition coefficient (Wildman–Crippen LogP) is 1.26. The number of anilines is 4. The zero-order chi connectivity index (χ0) is 23.8. The molecule has 2 fully saturated rings. The summed E-state index contributed by atoms with van der Waals surface area (Å²) >= 11 is 3.64. The van der Waals surface area contributed by atoms with Crippen LogP contribution in [0.5, 0.6) is 0 Å². The lowest BCUT2D eigenvalue weighted by Gasteiger charge is -2.37. The molecule has 180 valence electrons. The Morgan fingerprint density at radius 1 is 0.706 bits per heavy atom. The standard InChI is InChI=1S/C23H31BrN10/c24-19-5-6-20(18-4-2-1-3-17(18)19)29-21-30-22(33-9-13(25)7-14(26)10-33)32-23(31-21)34-11-15(27)8-16(28)12-34/h1-6,13-16H,7-12,25-28H2,(H,29,30,31,32)/t13-,14+,15-,16+. The first kappa shape index (κ1) is 23.2. The number of benzene rings is 2. The third-order valence-corrected chi connectivity index (χ3v) is 7.02. The normalized spacial score (nSPS) is 25.6. The fourth-order valence-electron chi connectivity index (χ4n) is 4.87. The summed E-state index contributed by atoms with van der Waals surface area (Å²) in [6.07, 6.45) is 1.56. The monoisotopic (exact) mass is 526 g/mol. The van der Waals surface area contributed by atoms with E-state index < -0.39 is 0 Å². The molecule has 34 heavy (non-hydrogen) atoms. The Bertz CT molecular complexity index is 1110. The van der Waals surface area contributed by atoms with Gasteiger partial charge in [-0.25, -0.2) is 0 Å². The maximum Gasteiger partial charge on any atom is 0.233 e. The molecule has 3 aromatic rings. The van der Waals surface area contributed by atoms with E-state index in [-0.39, 0.29) is 24.2 Å². The molecule has 0 amide bonds. The minimum atomic E-state index is -0.0346. The van der Waals surface area contributed by atoms with Crippen LogP contribution in [-0.2, 0) is 0 Å². The fourth-order valence-corrected chi connectivity index (χ4v) is 5.35. The van der Waals surface area contributed by atoms with Crippen molar-refractivity contribution in [2.75, 3.05) is 41.3 Å². The molecule has 2 aromatic carbocycles. The topological polar surface area (TPSA) is 161 Å². The maximum atomic E-state index is 6.25. The smallest absolute Gasteiger partial charge is 0.233 e. The minimum absolute atomic E-state index is 0.0346. The SMILES string of the molecule is N[C@@H]1C[C@H](N)CN(c2nc(Nc3ccc(Br)c4ccccc34)nc(N3C[C@H](N)C[C@H](N)C3)n2)C1. The zero-order valence-electron chi connectivity index (χ0n) is 18.9. The second kappa shape index (κ2) is 9.59. The highest BCUT2D eigenvalue weighted by Crippen LogP contribution is 2.32. The number of rotatable bonds is 4. The van der Waals surface area contributed by atoms with Crippen LogP contribution in [0.15, 0.2) is 40.9 Å². The van der Waals surface area contributed by atoms with E-state index in [9.17, 15) is 0 Å². The summed E-state index contributed by atoms with van der Waals surface area (Å²) in [6.45, 7) is 2.54. The summed E-state index contributed by atoms with van der Waals surface area (Å²) < 4.78 is 1.03. The van der Waals surface area contributed by atoms with E-state index in [1.807, 2.05) is 34.1 Å². The van der Waals surface area contributed by atoms with Crippen LogP contribution >= 0.6 is 15.9 Å². The molecule has 0 spiro atoms. The average molecular weight is 527 g/mol. The molecule has 3 heterocycles. The average Bonchev–Trinajstić information content (AvgIpc) is 2.80. The van der Waals surface area contributed by atoms with Gasteiger partial charge in [0, 0.05) is 65.9 Å². The predicted molar refractivity (Wildman–Crippen MR) is 140 cm³/mol. The van der Waals surface area contributed by atoms with E-state index in [1.165, 1.54) is 0 Å². The molecule has 10 nitrogen and oxygen atoms in total. The Balaban J connectivity index is 1.54. The first-order chi connectivity index (χ1) is 16.4. The first-order valence-electron chi connectivity index (χ1n) is 11.6. The molecule has 1 aromatic heterocycles.